The topological polar surface area (TPSA) is 68.1 Å². The van der Waals surface area contributed by atoms with Crippen LogP contribution in [0.25, 0.3) is 10.2 Å². The van der Waals surface area contributed by atoms with E-state index >= 15 is 0 Å². The maximum absolute atomic E-state index is 13.3. The number of benzene rings is 2. The minimum atomic E-state index is -0.652. The third-order valence-corrected chi connectivity index (χ3v) is 3.51. The number of aromatic nitrogens is 1. The van der Waals surface area contributed by atoms with Gasteiger partial charge in [-0.15, -0.1) is 11.3 Å². The van der Waals surface area contributed by atoms with E-state index in [1.54, 1.807) is 11.6 Å². The van der Waals surface area contributed by atoms with Crippen molar-refractivity contribution in [2.45, 2.75) is 0 Å². The molecule has 7 heteroatoms. The normalized spacial score (nSPS) is 10.7. The van der Waals surface area contributed by atoms with Gasteiger partial charge in [0.05, 0.1) is 26.7 Å². The van der Waals surface area contributed by atoms with Crippen LogP contribution in [0, 0.1) is 15.9 Å². The number of non-ortho nitro benzene ring substituents is 1. The summed E-state index contributed by atoms with van der Waals surface area (Å²) in [7, 11) is 0. The summed E-state index contributed by atoms with van der Waals surface area (Å²) in [6.07, 6.45) is 0. The highest BCUT2D eigenvalue weighted by molar-refractivity contribution is 7.16. The summed E-state index contributed by atoms with van der Waals surface area (Å²) >= 11 is 1.49. The van der Waals surface area contributed by atoms with Crippen LogP contribution in [0.15, 0.2) is 41.9 Å². The van der Waals surface area contributed by atoms with Gasteiger partial charge in [0.15, 0.2) is 0 Å². The zero-order chi connectivity index (χ0) is 14.1. The van der Waals surface area contributed by atoms with Gasteiger partial charge in [-0.25, -0.2) is 9.37 Å². The van der Waals surface area contributed by atoms with Gasteiger partial charge in [0, 0.05) is 17.4 Å². The number of fused-ring (bicyclic) bond motifs is 1. The summed E-state index contributed by atoms with van der Waals surface area (Å²) in [5.41, 5.74) is 3.39. The number of nitro benzene ring substituents is 1. The van der Waals surface area contributed by atoms with Gasteiger partial charge in [0.1, 0.15) is 5.82 Å². The molecule has 1 heterocycles. The summed E-state index contributed by atoms with van der Waals surface area (Å²) < 4.78 is 14.3. The Labute approximate surface area is 116 Å². The van der Waals surface area contributed by atoms with Gasteiger partial charge in [-0.05, 0) is 24.3 Å². The number of hydrogen-bond acceptors (Lipinski definition) is 5. The standard InChI is InChI=1S/C13H8FN3O2S/c14-8-3-10(5-11(4-8)17(18)19)16-9-1-2-12-13(6-9)20-7-15-12/h1-7,16H. The summed E-state index contributed by atoms with van der Waals surface area (Å²) in [5, 5.41) is 13.7. The van der Waals surface area contributed by atoms with Crippen molar-refractivity contribution in [1.82, 2.24) is 4.98 Å². The molecule has 100 valence electrons. The van der Waals surface area contributed by atoms with Crippen molar-refractivity contribution in [2.75, 3.05) is 5.32 Å². The predicted molar refractivity (Wildman–Crippen MR) is 76.0 cm³/mol. The first-order chi connectivity index (χ1) is 9.61. The lowest BCUT2D eigenvalue weighted by molar-refractivity contribution is -0.385. The highest BCUT2D eigenvalue weighted by atomic mass is 32.1. The number of nitrogens with one attached hydrogen (secondary N) is 1. The Morgan fingerprint density at radius 3 is 2.85 bits per heavy atom. The second-order valence-corrected chi connectivity index (χ2v) is 5.00. The third kappa shape index (κ3) is 2.43. The maximum Gasteiger partial charge on any atom is 0.274 e. The number of nitro groups is 1. The number of anilines is 2. The average Bonchev–Trinajstić information content (AvgIpc) is 2.85. The zero-order valence-electron chi connectivity index (χ0n) is 10.0. The van der Waals surface area contributed by atoms with Crippen LogP contribution in [-0.4, -0.2) is 9.91 Å². The van der Waals surface area contributed by atoms with Crippen LogP contribution in [-0.2, 0) is 0 Å². The van der Waals surface area contributed by atoms with Crippen molar-refractivity contribution < 1.29 is 9.31 Å². The lowest BCUT2D eigenvalue weighted by Gasteiger charge is -2.06. The Kier molecular flexibility index (Phi) is 3.03. The molecule has 2 aromatic carbocycles. The Morgan fingerprint density at radius 1 is 1.20 bits per heavy atom. The van der Waals surface area contributed by atoms with E-state index in [2.05, 4.69) is 10.3 Å². The van der Waals surface area contributed by atoms with E-state index in [0.29, 0.717) is 5.69 Å². The molecule has 1 aromatic heterocycles. The highest BCUT2D eigenvalue weighted by Crippen LogP contribution is 2.26. The average molecular weight is 289 g/mol. The number of rotatable bonds is 3. The van der Waals surface area contributed by atoms with Crippen LogP contribution in [0.3, 0.4) is 0 Å². The quantitative estimate of drug-likeness (QED) is 0.582. The summed E-state index contributed by atoms with van der Waals surface area (Å²) in [6.45, 7) is 0. The van der Waals surface area contributed by atoms with Gasteiger partial charge >= 0.3 is 0 Å². The van der Waals surface area contributed by atoms with Gasteiger partial charge in [-0.1, -0.05) is 0 Å². The molecule has 0 atom stereocenters. The Bertz CT molecular complexity index is 803. The monoisotopic (exact) mass is 289 g/mol. The molecule has 0 aliphatic heterocycles. The van der Waals surface area contributed by atoms with Gasteiger partial charge in [-0.2, -0.15) is 0 Å². The Balaban J connectivity index is 1.95. The lowest BCUT2D eigenvalue weighted by atomic mass is 10.2. The van der Waals surface area contributed by atoms with E-state index in [0.717, 1.165) is 22.0 Å². The molecule has 0 radical (unpaired) electrons. The smallest absolute Gasteiger partial charge is 0.274 e. The van der Waals surface area contributed by atoms with Gasteiger partial charge in [0.25, 0.3) is 5.69 Å². The van der Waals surface area contributed by atoms with Crippen LogP contribution in [0.1, 0.15) is 0 Å². The molecule has 0 fully saturated rings. The molecule has 5 nitrogen and oxygen atoms in total. The number of thiazole rings is 1. The van der Waals surface area contributed by atoms with Crippen molar-refractivity contribution in [3.63, 3.8) is 0 Å². The first kappa shape index (κ1) is 12.5. The van der Waals surface area contributed by atoms with Crippen molar-refractivity contribution in [3.8, 4) is 0 Å². The van der Waals surface area contributed by atoms with Crippen LogP contribution >= 0.6 is 11.3 Å². The maximum atomic E-state index is 13.3. The second-order valence-electron chi connectivity index (χ2n) is 4.12. The molecule has 0 saturated carbocycles. The summed E-state index contributed by atoms with van der Waals surface area (Å²) in [5.74, 6) is -0.652. The van der Waals surface area contributed by atoms with E-state index in [-0.39, 0.29) is 5.69 Å². The summed E-state index contributed by atoms with van der Waals surface area (Å²) in [6, 6.07) is 8.88. The molecule has 20 heavy (non-hydrogen) atoms. The molecule has 1 N–H and O–H groups in total. The SMILES string of the molecule is O=[N+]([O-])c1cc(F)cc(Nc2ccc3ncsc3c2)c1. The molecule has 0 aliphatic carbocycles. The molecule has 0 aliphatic rings. The minimum Gasteiger partial charge on any atom is -0.355 e. The van der Waals surface area contributed by atoms with Crippen LogP contribution < -0.4 is 5.32 Å². The second kappa shape index (κ2) is 4.86. The fourth-order valence-corrected chi connectivity index (χ4v) is 2.57. The van der Waals surface area contributed by atoms with E-state index in [1.165, 1.54) is 23.5 Å². The molecule has 0 bridgehead atoms. The van der Waals surface area contributed by atoms with Crippen LogP contribution in [0.4, 0.5) is 21.5 Å². The molecule has 0 unspecified atom stereocenters. The van der Waals surface area contributed by atoms with Crippen molar-refractivity contribution in [2.24, 2.45) is 0 Å². The number of hydrogen-bond donors (Lipinski definition) is 1. The lowest BCUT2D eigenvalue weighted by Crippen LogP contribution is -1.94. The molecular weight excluding hydrogens is 281 g/mol. The van der Waals surface area contributed by atoms with Gasteiger partial charge in [0.2, 0.25) is 0 Å². The number of halogens is 1. The first-order valence-corrected chi connectivity index (χ1v) is 6.55. The molecule has 0 amide bonds. The highest BCUT2D eigenvalue weighted by Gasteiger charge is 2.10. The van der Waals surface area contributed by atoms with E-state index < -0.39 is 10.7 Å². The van der Waals surface area contributed by atoms with Crippen molar-refractivity contribution in [1.29, 1.82) is 0 Å². The third-order valence-electron chi connectivity index (χ3n) is 2.71. The Morgan fingerprint density at radius 2 is 2.05 bits per heavy atom. The van der Waals surface area contributed by atoms with Gasteiger partial charge < -0.3 is 5.32 Å². The van der Waals surface area contributed by atoms with E-state index in [1.807, 2.05) is 12.1 Å². The zero-order valence-corrected chi connectivity index (χ0v) is 10.9. The number of nitrogens with zero attached hydrogens (tertiary/aromatic N) is 2. The minimum absolute atomic E-state index is 0.286. The van der Waals surface area contributed by atoms with Gasteiger partial charge in [-0.3, -0.25) is 10.1 Å². The largest absolute Gasteiger partial charge is 0.355 e. The summed E-state index contributed by atoms with van der Waals surface area (Å²) in [4.78, 5) is 14.2. The van der Waals surface area contributed by atoms with E-state index in [9.17, 15) is 14.5 Å². The van der Waals surface area contributed by atoms with Crippen molar-refractivity contribution >= 4 is 38.6 Å². The van der Waals surface area contributed by atoms with Crippen LogP contribution in [0.2, 0.25) is 0 Å². The molecule has 3 rings (SSSR count). The fraction of sp³-hybridized carbons (Fsp3) is 0. The molecule has 0 saturated heterocycles. The molecule has 0 spiro atoms. The predicted octanol–water partition coefficient (Wildman–Crippen LogP) is 4.09. The fourth-order valence-electron chi connectivity index (χ4n) is 1.85. The molecular formula is C13H8FN3O2S. The molecule has 3 aromatic rings. The van der Waals surface area contributed by atoms with E-state index in [4.69, 9.17) is 0 Å². The van der Waals surface area contributed by atoms with Crippen molar-refractivity contribution in [3.05, 3.63) is 57.8 Å². The first-order valence-electron chi connectivity index (χ1n) is 5.67. The Hall–Kier alpha value is -2.54. The van der Waals surface area contributed by atoms with Crippen LogP contribution in [0.5, 0.6) is 0 Å².